The molecular weight excluding hydrogens is 538 g/mol. The summed E-state index contributed by atoms with van der Waals surface area (Å²) in [6.45, 7) is 3.92. The molecule has 1 fully saturated rings. The Kier molecular flexibility index (Phi) is 6.94. The number of rotatable bonds is 9. The molecule has 0 amide bonds. The Morgan fingerprint density at radius 1 is 0.974 bits per heavy atom. The van der Waals surface area contributed by atoms with Crippen molar-refractivity contribution in [3.63, 3.8) is 0 Å². The Hall–Kier alpha value is -3.93. The predicted molar refractivity (Wildman–Crippen MR) is 149 cm³/mol. The molecule has 1 aliphatic heterocycles. The third-order valence-electron chi connectivity index (χ3n) is 6.56. The summed E-state index contributed by atoms with van der Waals surface area (Å²) in [6.07, 6.45) is 5.45. The third-order valence-corrected chi connectivity index (χ3v) is 8.61. The van der Waals surface area contributed by atoms with Gasteiger partial charge in [-0.15, -0.1) is 5.10 Å². The Balaban J connectivity index is 1.18. The van der Waals surface area contributed by atoms with Crippen molar-refractivity contribution in [1.82, 2.24) is 28.7 Å². The predicted octanol–water partition coefficient (Wildman–Crippen LogP) is 4.70. The summed E-state index contributed by atoms with van der Waals surface area (Å²) >= 11 is 6.13. The van der Waals surface area contributed by atoms with Crippen LogP contribution in [0, 0.1) is 0 Å². The zero-order chi connectivity index (χ0) is 26.8. The maximum Gasteiger partial charge on any atom is 0.284 e. The summed E-state index contributed by atoms with van der Waals surface area (Å²) < 4.78 is 34.6. The molecule has 1 aliphatic rings. The van der Waals surface area contributed by atoms with Gasteiger partial charge in [0.05, 0.1) is 23.1 Å². The average Bonchev–Trinajstić information content (AvgIpc) is 3.71. The number of hydrogen-bond donors (Lipinski definition) is 1. The van der Waals surface area contributed by atoms with Crippen molar-refractivity contribution in [2.75, 3.05) is 31.6 Å². The highest BCUT2D eigenvalue weighted by atomic mass is 35.5. The minimum Gasteiger partial charge on any atom is -0.492 e. The molecule has 0 spiro atoms. The normalized spacial score (nSPS) is 14.2. The van der Waals surface area contributed by atoms with Crippen LogP contribution in [-0.2, 0) is 10.0 Å². The van der Waals surface area contributed by atoms with Gasteiger partial charge in [0.2, 0.25) is 5.95 Å². The largest absolute Gasteiger partial charge is 0.492 e. The van der Waals surface area contributed by atoms with Gasteiger partial charge in [0.15, 0.2) is 5.65 Å². The first-order valence-corrected chi connectivity index (χ1v) is 14.4. The van der Waals surface area contributed by atoms with Crippen molar-refractivity contribution >= 4 is 38.9 Å². The first-order valence-electron chi connectivity index (χ1n) is 12.6. The molecule has 2 aromatic carbocycles. The van der Waals surface area contributed by atoms with Crippen LogP contribution in [0.1, 0.15) is 12.8 Å². The van der Waals surface area contributed by atoms with E-state index in [9.17, 15) is 8.42 Å². The zero-order valence-corrected chi connectivity index (χ0v) is 22.5. The number of benzene rings is 2. The van der Waals surface area contributed by atoms with E-state index in [0.29, 0.717) is 29.5 Å². The molecular formula is C27H26ClN7O3S. The molecule has 12 heteroatoms. The van der Waals surface area contributed by atoms with E-state index in [1.807, 2.05) is 42.5 Å². The first-order chi connectivity index (χ1) is 19.0. The maximum absolute atomic E-state index is 13.1. The molecule has 6 rings (SSSR count). The highest BCUT2D eigenvalue weighted by Crippen LogP contribution is 2.26. The minimum atomic E-state index is -3.96. The molecule has 200 valence electrons. The number of hydrogen-bond acceptors (Lipinski definition) is 8. The van der Waals surface area contributed by atoms with Crippen LogP contribution in [0.3, 0.4) is 0 Å². The number of nitrogens with one attached hydrogen (secondary N) is 1. The van der Waals surface area contributed by atoms with E-state index < -0.39 is 10.0 Å². The molecule has 1 saturated heterocycles. The first kappa shape index (κ1) is 25.4. The van der Waals surface area contributed by atoms with Gasteiger partial charge in [-0.05, 0) is 74.5 Å². The van der Waals surface area contributed by atoms with Crippen molar-refractivity contribution in [2.45, 2.75) is 17.7 Å². The van der Waals surface area contributed by atoms with Crippen LogP contribution in [0.2, 0.25) is 5.02 Å². The van der Waals surface area contributed by atoms with Crippen LogP contribution >= 0.6 is 11.6 Å². The molecule has 0 atom stereocenters. The van der Waals surface area contributed by atoms with Crippen molar-refractivity contribution in [1.29, 1.82) is 0 Å². The Labute approximate surface area is 230 Å². The van der Waals surface area contributed by atoms with E-state index >= 15 is 0 Å². The van der Waals surface area contributed by atoms with E-state index in [0.717, 1.165) is 35.2 Å². The number of anilines is 2. The second-order valence-corrected chi connectivity index (χ2v) is 11.4. The lowest BCUT2D eigenvalue weighted by atomic mass is 10.2. The number of ether oxygens (including phenoxy) is 1. The average molecular weight is 564 g/mol. The van der Waals surface area contributed by atoms with E-state index in [-0.39, 0.29) is 9.92 Å². The molecule has 0 aliphatic carbocycles. The topological polar surface area (TPSA) is 107 Å². The molecule has 10 nitrogen and oxygen atoms in total. The van der Waals surface area contributed by atoms with Crippen LogP contribution in [0.5, 0.6) is 5.75 Å². The van der Waals surface area contributed by atoms with Gasteiger partial charge >= 0.3 is 0 Å². The second-order valence-electron chi connectivity index (χ2n) is 9.20. The number of fused-ring (bicyclic) bond motifs is 1. The van der Waals surface area contributed by atoms with Crippen molar-refractivity contribution in [3.05, 3.63) is 84.1 Å². The second kappa shape index (κ2) is 10.7. The van der Waals surface area contributed by atoms with Crippen LogP contribution in [-0.4, -0.2) is 63.3 Å². The summed E-state index contributed by atoms with van der Waals surface area (Å²) in [4.78, 5) is 6.97. The summed E-state index contributed by atoms with van der Waals surface area (Å²) in [5.74, 6) is 1.22. The molecule has 0 saturated carbocycles. The lowest BCUT2D eigenvalue weighted by Crippen LogP contribution is -2.25. The summed E-state index contributed by atoms with van der Waals surface area (Å²) in [5.41, 5.74) is 2.61. The summed E-state index contributed by atoms with van der Waals surface area (Å²) in [7, 11) is -3.96. The van der Waals surface area contributed by atoms with Gasteiger partial charge in [-0.25, -0.2) is 4.52 Å². The van der Waals surface area contributed by atoms with Gasteiger partial charge in [0.25, 0.3) is 10.0 Å². The quantitative estimate of drug-likeness (QED) is 0.275. The standard InChI is InChI=1S/C27H26ClN7O3S/c28-23-6-1-2-8-25(23)39(36,37)34-19-20(18-29-34)24-7-5-9-26-31-27(32-35(24)26)30-21-10-12-22(13-11-21)38-17-16-33-14-3-4-15-33/h1-2,5-13,18-19H,3-4,14-17H2,(H,30,32). The molecule has 1 N–H and O–H groups in total. The lowest BCUT2D eigenvalue weighted by molar-refractivity contribution is 0.238. The van der Waals surface area contributed by atoms with Crippen LogP contribution in [0.15, 0.2) is 84.0 Å². The Morgan fingerprint density at radius 3 is 2.56 bits per heavy atom. The van der Waals surface area contributed by atoms with Gasteiger partial charge in [0, 0.05) is 17.8 Å². The molecule has 39 heavy (non-hydrogen) atoms. The van der Waals surface area contributed by atoms with Crippen LogP contribution in [0.25, 0.3) is 16.9 Å². The highest BCUT2D eigenvalue weighted by molar-refractivity contribution is 7.90. The van der Waals surface area contributed by atoms with Gasteiger partial charge in [-0.1, -0.05) is 29.8 Å². The van der Waals surface area contributed by atoms with E-state index in [1.165, 1.54) is 37.4 Å². The van der Waals surface area contributed by atoms with Gasteiger partial charge in [0.1, 0.15) is 17.3 Å². The minimum absolute atomic E-state index is 0.0187. The Bertz CT molecular complexity index is 1710. The highest BCUT2D eigenvalue weighted by Gasteiger charge is 2.22. The maximum atomic E-state index is 13.1. The Morgan fingerprint density at radius 2 is 1.77 bits per heavy atom. The fraction of sp³-hybridized carbons (Fsp3) is 0.222. The molecule has 4 heterocycles. The fourth-order valence-corrected chi connectivity index (χ4v) is 6.18. The molecule has 3 aromatic heterocycles. The van der Waals surface area contributed by atoms with Crippen LogP contribution in [0.4, 0.5) is 11.6 Å². The molecule has 5 aromatic rings. The van der Waals surface area contributed by atoms with Gasteiger partial charge < -0.3 is 10.1 Å². The number of pyridine rings is 1. The van der Waals surface area contributed by atoms with Gasteiger partial charge in [-0.2, -0.15) is 22.6 Å². The monoisotopic (exact) mass is 563 g/mol. The number of likely N-dealkylation sites (tertiary alicyclic amines) is 1. The third kappa shape index (κ3) is 5.33. The summed E-state index contributed by atoms with van der Waals surface area (Å²) in [5, 5.41) is 12.0. The molecule has 0 radical (unpaired) electrons. The van der Waals surface area contributed by atoms with Crippen LogP contribution < -0.4 is 10.1 Å². The van der Waals surface area contributed by atoms with Crippen molar-refractivity contribution in [2.24, 2.45) is 0 Å². The number of aromatic nitrogens is 5. The van der Waals surface area contributed by atoms with E-state index in [2.05, 4.69) is 25.4 Å². The molecule has 0 unspecified atom stereocenters. The number of halogens is 1. The summed E-state index contributed by atoms with van der Waals surface area (Å²) in [6, 6.07) is 19.4. The van der Waals surface area contributed by atoms with E-state index in [1.54, 1.807) is 16.6 Å². The van der Waals surface area contributed by atoms with Gasteiger partial charge in [-0.3, -0.25) is 4.90 Å². The fourth-order valence-electron chi connectivity index (χ4n) is 4.56. The van der Waals surface area contributed by atoms with E-state index in [4.69, 9.17) is 16.3 Å². The lowest BCUT2D eigenvalue weighted by Gasteiger charge is -2.15. The van der Waals surface area contributed by atoms with Crippen molar-refractivity contribution in [3.8, 4) is 17.0 Å². The van der Waals surface area contributed by atoms with Crippen molar-refractivity contribution < 1.29 is 13.2 Å². The molecule has 0 bridgehead atoms. The zero-order valence-electron chi connectivity index (χ0n) is 20.9. The number of nitrogens with zero attached hydrogens (tertiary/aromatic N) is 6. The smallest absolute Gasteiger partial charge is 0.284 e. The SMILES string of the molecule is O=S(=O)(c1ccccc1Cl)n1cc(-c2cccc3nc(Nc4ccc(OCCN5CCCC5)cc4)nn23)cn1.